The van der Waals surface area contributed by atoms with Crippen molar-refractivity contribution in [3.8, 4) is 0 Å². The van der Waals surface area contributed by atoms with Gasteiger partial charge in [-0.25, -0.2) is 8.42 Å². The van der Waals surface area contributed by atoms with Crippen molar-refractivity contribution < 1.29 is 8.42 Å². The molecule has 0 unspecified atom stereocenters. The highest BCUT2D eigenvalue weighted by Gasteiger charge is 2.37. The molecule has 0 N–H and O–H groups in total. The van der Waals surface area contributed by atoms with E-state index in [0.29, 0.717) is 10.4 Å². The van der Waals surface area contributed by atoms with E-state index < -0.39 is 9.84 Å². The Morgan fingerprint density at radius 2 is 1.71 bits per heavy atom. The second-order valence-electron chi connectivity index (χ2n) is 4.41. The van der Waals surface area contributed by atoms with Crippen molar-refractivity contribution >= 4 is 20.9 Å². The van der Waals surface area contributed by atoms with Crippen molar-refractivity contribution in [1.82, 2.24) is 9.97 Å². The molecule has 3 rings (SSSR count). The lowest BCUT2D eigenvalue weighted by Crippen LogP contribution is -2.09. The summed E-state index contributed by atoms with van der Waals surface area (Å²) >= 11 is 0. The molecular formula is C12H12N2O2S. The number of rotatable bonds is 2. The van der Waals surface area contributed by atoms with E-state index in [-0.39, 0.29) is 5.25 Å². The van der Waals surface area contributed by atoms with Crippen molar-refractivity contribution in [1.29, 1.82) is 0 Å². The van der Waals surface area contributed by atoms with Crippen molar-refractivity contribution in [2.75, 3.05) is 0 Å². The normalized spacial score (nSPS) is 16.3. The van der Waals surface area contributed by atoms with Crippen LogP contribution in [-0.2, 0) is 9.84 Å². The topological polar surface area (TPSA) is 59.9 Å². The van der Waals surface area contributed by atoms with Gasteiger partial charge in [0.05, 0.1) is 21.2 Å². The number of hydrogen-bond donors (Lipinski definition) is 0. The molecule has 0 radical (unpaired) electrons. The summed E-state index contributed by atoms with van der Waals surface area (Å²) in [5.74, 6) is 0. The number of hydrogen-bond acceptors (Lipinski definition) is 4. The van der Waals surface area contributed by atoms with Crippen LogP contribution in [0.25, 0.3) is 11.0 Å². The van der Waals surface area contributed by atoms with Crippen LogP contribution in [0.5, 0.6) is 0 Å². The zero-order valence-electron chi connectivity index (χ0n) is 9.42. The van der Waals surface area contributed by atoms with Gasteiger partial charge in [0.1, 0.15) is 0 Å². The molecule has 0 bridgehead atoms. The molecule has 5 heteroatoms. The van der Waals surface area contributed by atoms with Crippen molar-refractivity contribution in [3.63, 3.8) is 0 Å². The molecule has 0 aliphatic heterocycles. The van der Waals surface area contributed by atoms with Gasteiger partial charge >= 0.3 is 0 Å². The van der Waals surface area contributed by atoms with Gasteiger partial charge in [0.15, 0.2) is 9.84 Å². The number of aryl methyl sites for hydroxylation is 1. The average molecular weight is 248 g/mol. The fraction of sp³-hybridized carbons (Fsp3) is 0.333. The van der Waals surface area contributed by atoms with Crippen molar-refractivity contribution in [3.05, 3.63) is 30.1 Å². The molecule has 1 saturated carbocycles. The van der Waals surface area contributed by atoms with Gasteiger partial charge in [0.2, 0.25) is 0 Å². The van der Waals surface area contributed by atoms with Gasteiger partial charge < -0.3 is 0 Å². The summed E-state index contributed by atoms with van der Waals surface area (Å²) in [5, 5.41) is -0.185. The van der Waals surface area contributed by atoms with E-state index in [1.54, 1.807) is 24.5 Å². The molecule has 4 nitrogen and oxygen atoms in total. The Balaban J connectivity index is 2.26. The smallest absolute Gasteiger partial charge is 0.181 e. The standard InChI is InChI=1S/C12H12N2O2S/c1-8-6-10-11(14-5-4-13-10)7-12(8)17(15,16)9-2-3-9/h4-7,9H,2-3H2,1H3. The van der Waals surface area contributed by atoms with E-state index in [2.05, 4.69) is 9.97 Å². The zero-order valence-corrected chi connectivity index (χ0v) is 10.2. The van der Waals surface area contributed by atoms with Gasteiger partial charge in [-0.1, -0.05) is 0 Å². The van der Waals surface area contributed by atoms with Gasteiger partial charge in [-0.2, -0.15) is 0 Å². The summed E-state index contributed by atoms with van der Waals surface area (Å²) in [5.41, 5.74) is 2.13. The average Bonchev–Trinajstić information content (AvgIpc) is 3.12. The van der Waals surface area contributed by atoms with Gasteiger partial charge in [-0.15, -0.1) is 0 Å². The molecular weight excluding hydrogens is 236 g/mol. The third-order valence-electron chi connectivity index (χ3n) is 3.04. The fourth-order valence-corrected chi connectivity index (χ4v) is 3.86. The molecule has 2 aromatic rings. The molecule has 1 aromatic carbocycles. The van der Waals surface area contributed by atoms with E-state index in [1.807, 2.05) is 6.92 Å². The van der Waals surface area contributed by atoms with Gasteiger partial charge in [0, 0.05) is 12.4 Å². The summed E-state index contributed by atoms with van der Waals surface area (Å²) in [6.07, 6.45) is 4.74. The minimum atomic E-state index is -3.16. The first-order valence-corrected chi connectivity index (χ1v) is 7.09. The summed E-state index contributed by atoms with van der Waals surface area (Å²) < 4.78 is 24.4. The van der Waals surface area contributed by atoms with Crippen molar-refractivity contribution in [2.24, 2.45) is 0 Å². The zero-order chi connectivity index (χ0) is 12.0. The molecule has 0 saturated heterocycles. The van der Waals surface area contributed by atoms with Crippen LogP contribution in [0.3, 0.4) is 0 Å². The highest BCUT2D eigenvalue weighted by molar-refractivity contribution is 7.92. The highest BCUT2D eigenvalue weighted by Crippen LogP contribution is 2.35. The summed E-state index contributed by atoms with van der Waals surface area (Å²) in [4.78, 5) is 8.73. The third-order valence-corrected chi connectivity index (χ3v) is 5.44. The Labute approximate surface area is 99.6 Å². The van der Waals surface area contributed by atoms with Crippen LogP contribution in [-0.4, -0.2) is 23.6 Å². The van der Waals surface area contributed by atoms with E-state index in [0.717, 1.165) is 23.9 Å². The summed E-state index contributed by atoms with van der Waals surface area (Å²) in [6, 6.07) is 3.43. The molecule has 0 spiro atoms. The predicted octanol–water partition coefficient (Wildman–Crippen LogP) is 1.87. The maximum Gasteiger partial charge on any atom is 0.181 e. The molecule has 0 amide bonds. The largest absolute Gasteiger partial charge is 0.253 e. The van der Waals surface area contributed by atoms with Crippen LogP contribution >= 0.6 is 0 Å². The quantitative estimate of drug-likeness (QED) is 0.814. The first-order chi connectivity index (χ1) is 8.09. The molecule has 1 aromatic heterocycles. The van der Waals surface area contributed by atoms with Gasteiger partial charge in [-0.3, -0.25) is 9.97 Å². The summed E-state index contributed by atoms with van der Waals surface area (Å²) in [7, 11) is -3.16. The summed E-state index contributed by atoms with van der Waals surface area (Å²) in [6.45, 7) is 1.81. The Hall–Kier alpha value is -1.49. The number of aromatic nitrogens is 2. The molecule has 1 fully saturated rings. The molecule has 88 valence electrons. The monoisotopic (exact) mass is 248 g/mol. The molecule has 1 aliphatic rings. The minimum absolute atomic E-state index is 0.185. The third kappa shape index (κ3) is 1.70. The molecule has 17 heavy (non-hydrogen) atoms. The van der Waals surface area contributed by atoms with Crippen LogP contribution in [0, 0.1) is 6.92 Å². The predicted molar refractivity (Wildman–Crippen MR) is 64.5 cm³/mol. The highest BCUT2D eigenvalue weighted by atomic mass is 32.2. The van der Waals surface area contributed by atoms with Crippen LogP contribution in [0.4, 0.5) is 0 Å². The Kier molecular flexibility index (Phi) is 2.19. The lowest BCUT2D eigenvalue weighted by atomic mass is 10.2. The molecule has 0 atom stereocenters. The van der Waals surface area contributed by atoms with Crippen LogP contribution in [0.15, 0.2) is 29.4 Å². The van der Waals surface area contributed by atoms with E-state index in [9.17, 15) is 8.42 Å². The fourth-order valence-electron chi connectivity index (χ4n) is 1.96. The van der Waals surface area contributed by atoms with E-state index in [1.165, 1.54) is 0 Å². The second-order valence-corrected chi connectivity index (χ2v) is 6.60. The van der Waals surface area contributed by atoms with E-state index >= 15 is 0 Å². The van der Waals surface area contributed by atoms with Gasteiger partial charge in [0.25, 0.3) is 0 Å². The Bertz CT molecular complexity index is 691. The lowest BCUT2D eigenvalue weighted by molar-refractivity contribution is 0.594. The van der Waals surface area contributed by atoms with Crippen LogP contribution in [0.1, 0.15) is 18.4 Å². The second kappa shape index (κ2) is 3.50. The van der Waals surface area contributed by atoms with Crippen LogP contribution in [0.2, 0.25) is 0 Å². The first-order valence-electron chi connectivity index (χ1n) is 5.54. The molecule has 1 heterocycles. The maximum absolute atomic E-state index is 12.2. The van der Waals surface area contributed by atoms with E-state index in [4.69, 9.17) is 0 Å². The van der Waals surface area contributed by atoms with Gasteiger partial charge in [-0.05, 0) is 37.5 Å². The van der Waals surface area contributed by atoms with Crippen molar-refractivity contribution in [2.45, 2.75) is 29.9 Å². The number of benzene rings is 1. The Morgan fingerprint density at radius 3 is 2.29 bits per heavy atom. The number of nitrogens with zero attached hydrogens (tertiary/aromatic N) is 2. The SMILES string of the molecule is Cc1cc2nccnc2cc1S(=O)(=O)C1CC1. The number of fused-ring (bicyclic) bond motifs is 1. The number of sulfone groups is 1. The minimum Gasteiger partial charge on any atom is -0.253 e. The Morgan fingerprint density at radius 1 is 1.12 bits per heavy atom. The first kappa shape index (κ1) is 10.7. The maximum atomic E-state index is 12.2. The molecule has 1 aliphatic carbocycles. The lowest BCUT2D eigenvalue weighted by Gasteiger charge is -2.07. The van der Waals surface area contributed by atoms with Crippen LogP contribution < -0.4 is 0 Å².